The summed E-state index contributed by atoms with van der Waals surface area (Å²) in [7, 11) is 0. The standard InChI is InChI=1S/C23H21F5O/c1-2-15-3-5-16(6-4-15)18-9-12-20(21(24)13-18)17-7-10-19(11-8-17)29-23(27,28)14-22(25)26/h2,7-16H,1,3-6H2. The van der Waals surface area contributed by atoms with Crippen LogP contribution in [0.1, 0.15) is 37.2 Å². The van der Waals surface area contributed by atoms with E-state index in [1.54, 1.807) is 6.07 Å². The van der Waals surface area contributed by atoms with Crippen LogP contribution < -0.4 is 4.74 Å². The summed E-state index contributed by atoms with van der Waals surface area (Å²) in [5.41, 5.74) is 1.77. The predicted octanol–water partition coefficient (Wildman–Crippen LogP) is 7.70. The molecule has 0 N–H and O–H groups in total. The molecule has 0 atom stereocenters. The minimum absolute atomic E-state index is 0.299. The largest absolute Gasteiger partial charge is 0.429 e. The number of benzene rings is 2. The molecule has 0 aliphatic heterocycles. The van der Waals surface area contributed by atoms with Gasteiger partial charge in [0, 0.05) is 5.56 Å². The maximum atomic E-state index is 14.7. The van der Waals surface area contributed by atoms with E-state index in [9.17, 15) is 22.0 Å². The molecule has 0 bridgehead atoms. The second-order valence-corrected chi connectivity index (χ2v) is 7.21. The molecule has 0 unspecified atom stereocenters. The van der Waals surface area contributed by atoms with Crippen LogP contribution in [0, 0.1) is 11.7 Å². The van der Waals surface area contributed by atoms with Crippen molar-refractivity contribution < 1.29 is 26.7 Å². The average molecular weight is 408 g/mol. The van der Waals surface area contributed by atoms with Gasteiger partial charge in [-0.1, -0.05) is 30.3 Å². The van der Waals surface area contributed by atoms with E-state index >= 15 is 0 Å². The Morgan fingerprint density at radius 3 is 2.21 bits per heavy atom. The second-order valence-electron chi connectivity index (χ2n) is 7.21. The molecular weight excluding hydrogens is 387 g/mol. The van der Waals surface area contributed by atoms with Crippen LogP contribution in [0.4, 0.5) is 22.0 Å². The zero-order chi connectivity index (χ0) is 21.0. The summed E-state index contributed by atoms with van der Waals surface area (Å²) < 4.78 is 69.5. The lowest BCUT2D eigenvalue weighted by molar-refractivity contribution is -0.133. The van der Waals surface area contributed by atoms with Crippen molar-refractivity contribution in [2.24, 2.45) is 5.92 Å². The van der Waals surface area contributed by atoms with Gasteiger partial charge in [-0.3, -0.25) is 0 Å². The molecule has 3 rings (SSSR count). The van der Waals surface area contributed by atoms with Gasteiger partial charge in [0.1, 0.15) is 11.6 Å². The quantitative estimate of drug-likeness (QED) is 0.351. The zero-order valence-corrected chi connectivity index (χ0v) is 15.7. The van der Waals surface area contributed by atoms with E-state index in [-0.39, 0.29) is 5.75 Å². The Morgan fingerprint density at radius 2 is 1.66 bits per heavy atom. The van der Waals surface area contributed by atoms with Gasteiger partial charge in [0.15, 0.2) is 0 Å². The second kappa shape index (κ2) is 8.80. The normalized spacial score (nSPS) is 19.5. The lowest BCUT2D eigenvalue weighted by atomic mass is 9.78. The van der Waals surface area contributed by atoms with E-state index in [4.69, 9.17) is 0 Å². The summed E-state index contributed by atoms with van der Waals surface area (Å²) in [5.74, 6) is 0.152. The molecule has 1 saturated carbocycles. The summed E-state index contributed by atoms with van der Waals surface area (Å²) >= 11 is 0. The average Bonchev–Trinajstić information content (AvgIpc) is 2.67. The molecule has 0 spiro atoms. The Balaban J connectivity index is 1.72. The van der Waals surface area contributed by atoms with E-state index in [0.717, 1.165) is 31.2 Å². The third-order valence-electron chi connectivity index (χ3n) is 5.27. The number of hydrogen-bond acceptors (Lipinski definition) is 1. The van der Waals surface area contributed by atoms with Gasteiger partial charge in [0.25, 0.3) is 6.08 Å². The lowest BCUT2D eigenvalue weighted by Gasteiger charge is -2.27. The fraction of sp³-hybridized carbons (Fsp3) is 0.304. The molecule has 1 fully saturated rings. The van der Waals surface area contributed by atoms with Crippen molar-refractivity contribution in [2.75, 3.05) is 0 Å². The first-order chi connectivity index (χ1) is 13.8. The molecule has 1 aliphatic carbocycles. The summed E-state index contributed by atoms with van der Waals surface area (Å²) in [6.07, 6.45) is -1.18. The molecule has 29 heavy (non-hydrogen) atoms. The molecule has 0 saturated heterocycles. The van der Waals surface area contributed by atoms with Crippen molar-refractivity contribution in [3.05, 3.63) is 78.7 Å². The van der Waals surface area contributed by atoms with Crippen LogP contribution in [0.15, 0.2) is 67.3 Å². The Kier molecular flexibility index (Phi) is 6.40. The van der Waals surface area contributed by atoms with Crippen LogP contribution in [-0.2, 0) is 0 Å². The van der Waals surface area contributed by atoms with Crippen LogP contribution in [-0.4, -0.2) is 6.11 Å². The van der Waals surface area contributed by atoms with Gasteiger partial charge >= 0.3 is 6.11 Å². The van der Waals surface area contributed by atoms with Crippen molar-refractivity contribution >= 4 is 0 Å². The van der Waals surface area contributed by atoms with Gasteiger partial charge in [0.2, 0.25) is 0 Å². The first-order valence-corrected chi connectivity index (χ1v) is 9.40. The van der Waals surface area contributed by atoms with Gasteiger partial charge in [-0.2, -0.15) is 17.6 Å². The molecule has 0 aromatic heterocycles. The maximum Gasteiger partial charge on any atom is 0.425 e. The first-order valence-electron chi connectivity index (χ1n) is 9.40. The Hall–Kier alpha value is -2.63. The SMILES string of the molecule is C=CC1CCC(c2ccc(-c3ccc(OC(F)(F)C=C(F)F)cc3)c(F)c2)CC1. The molecule has 0 heterocycles. The van der Waals surface area contributed by atoms with E-state index < -0.39 is 24.1 Å². The van der Waals surface area contributed by atoms with E-state index in [0.29, 0.717) is 23.0 Å². The predicted molar refractivity (Wildman–Crippen MR) is 103 cm³/mol. The Labute approximate surface area is 166 Å². The number of ether oxygens (including phenoxy) is 1. The number of halogens is 5. The first kappa shape index (κ1) is 21.1. The monoisotopic (exact) mass is 408 g/mol. The molecule has 0 amide bonds. The molecule has 154 valence electrons. The van der Waals surface area contributed by atoms with Gasteiger partial charge < -0.3 is 4.74 Å². The summed E-state index contributed by atoms with van der Waals surface area (Å²) in [6, 6.07) is 10.3. The molecule has 2 aromatic rings. The molecule has 6 heteroatoms. The third kappa shape index (κ3) is 5.46. The summed E-state index contributed by atoms with van der Waals surface area (Å²) in [5, 5.41) is 0. The highest BCUT2D eigenvalue weighted by Crippen LogP contribution is 2.37. The van der Waals surface area contributed by atoms with E-state index in [2.05, 4.69) is 11.3 Å². The van der Waals surface area contributed by atoms with Gasteiger partial charge in [-0.25, -0.2) is 4.39 Å². The van der Waals surface area contributed by atoms with Crippen LogP contribution in [0.5, 0.6) is 5.75 Å². The fourth-order valence-electron chi connectivity index (χ4n) is 3.72. The molecule has 2 aromatic carbocycles. The fourth-order valence-corrected chi connectivity index (χ4v) is 3.72. The van der Waals surface area contributed by atoms with Crippen LogP contribution in [0.2, 0.25) is 0 Å². The smallest absolute Gasteiger partial charge is 0.425 e. The number of rotatable bonds is 6. The van der Waals surface area contributed by atoms with Crippen LogP contribution in [0.3, 0.4) is 0 Å². The van der Waals surface area contributed by atoms with Crippen LogP contribution >= 0.6 is 0 Å². The highest BCUT2D eigenvalue weighted by molar-refractivity contribution is 5.65. The maximum absolute atomic E-state index is 14.7. The highest BCUT2D eigenvalue weighted by Gasteiger charge is 2.30. The van der Waals surface area contributed by atoms with Crippen molar-refractivity contribution in [3.63, 3.8) is 0 Å². The van der Waals surface area contributed by atoms with Crippen molar-refractivity contribution in [3.8, 4) is 16.9 Å². The number of allylic oxidation sites excluding steroid dienone is 1. The molecule has 1 nitrogen and oxygen atoms in total. The number of hydrogen-bond donors (Lipinski definition) is 0. The van der Waals surface area contributed by atoms with Crippen molar-refractivity contribution in [2.45, 2.75) is 37.7 Å². The molecular formula is C23H21F5O. The van der Waals surface area contributed by atoms with Crippen molar-refractivity contribution in [1.29, 1.82) is 0 Å². The Morgan fingerprint density at radius 1 is 1.00 bits per heavy atom. The topological polar surface area (TPSA) is 9.23 Å². The molecule has 0 radical (unpaired) electrons. The number of alkyl halides is 2. The molecule has 1 aliphatic rings. The van der Waals surface area contributed by atoms with E-state index in [1.807, 2.05) is 12.1 Å². The minimum Gasteiger partial charge on any atom is -0.429 e. The van der Waals surface area contributed by atoms with Crippen LogP contribution in [0.25, 0.3) is 11.1 Å². The summed E-state index contributed by atoms with van der Waals surface area (Å²) in [6.45, 7) is 3.83. The highest BCUT2D eigenvalue weighted by atomic mass is 19.3. The van der Waals surface area contributed by atoms with Gasteiger partial charge in [0.05, 0.1) is 6.08 Å². The summed E-state index contributed by atoms with van der Waals surface area (Å²) in [4.78, 5) is 0. The zero-order valence-electron chi connectivity index (χ0n) is 15.7. The minimum atomic E-state index is -4.13. The van der Waals surface area contributed by atoms with Gasteiger partial charge in [-0.05, 0) is 66.8 Å². The van der Waals surface area contributed by atoms with Gasteiger partial charge in [-0.15, -0.1) is 6.58 Å². The lowest BCUT2D eigenvalue weighted by Crippen LogP contribution is -2.21. The Bertz CT molecular complexity index is 877. The third-order valence-corrected chi connectivity index (χ3v) is 5.27. The van der Waals surface area contributed by atoms with Crippen molar-refractivity contribution in [1.82, 2.24) is 0 Å². The van der Waals surface area contributed by atoms with E-state index in [1.165, 1.54) is 30.3 Å².